The third-order valence-corrected chi connectivity index (χ3v) is 7.05. The molecule has 2 aromatic heterocycles. The van der Waals surface area contributed by atoms with Crippen molar-refractivity contribution in [3.63, 3.8) is 0 Å². The van der Waals surface area contributed by atoms with Crippen molar-refractivity contribution in [2.75, 3.05) is 26.6 Å². The third-order valence-electron chi connectivity index (χ3n) is 6.50. The number of hydrogen-bond donors (Lipinski definition) is 1. The number of fused-ring (bicyclic) bond motifs is 1. The highest BCUT2D eigenvalue weighted by molar-refractivity contribution is 9.10. The molecular formula is C24H29BrN4O4. The van der Waals surface area contributed by atoms with E-state index >= 15 is 0 Å². The maximum Gasteiger partial charge on any atom is 0.311 e. The van der Waals surface area contributed by atoms with Crippen LogP contribution in [0.2, 0.25) is 0 Å². The van der Waals surface area contributed by atoms with Crippen molar-refractivity contribution in [1.29, 1.82) is 0 Å². The van der Waals surface area contributed by atoms with Gasteiger partial charge in [-0.15, -0.1) is 0 Å². The molecule has 1 saturated carbocycles. The smallest absolute Gasteiger partial charge is 0.311 e. The van der Waals surface area contributed by atoms with E-state index < -0.39 is 5.41 Å². The number of ether oxygens (including phenoxy) is 3. The highest BCUT2D eigenvalue weighted by Gasteiger charge is 2.41. The lowest BCUT2D eigenvalue weighted by atomic mass is 9.70. The zero-order valence-corrected chi connectivity index (χ0v) is 20.9. The summed E-state index contributed by atoms with van der Waals surface area (Å²) >= 11 is 3.63. The molecule has 176 valence electrons. The number of anilines is 1. The van der Waals surface area contributed by atoms with Gasteiger partial charge in [0.1, 0.15) is 27.4 Å². The molecule has 4 rings (SSSR count). The fourth-order valence-corrected chi connectivity index (χ4v) is 5.31. The quantitative estimate of drug-likeness (QED) is 0.444. The number of esters is 1. The molecule has 1 aliphatic carbocycles. The van der Waals surface area contributed by atoms with Crippen molar-refractivity contribution in [2.45, 2.75) is 45.1 Å². The molecule has 0 spiro atoms. The van der Waals surface area contributed by atoms with Gasteiger partial charge in [0.05, 0.1) is 26.7 Å². The number of imidazole rings is 1. The fourth-order valence-electron chi connectivity index (χ4n) is 4.75. The summed E-state index contributed by atoms with van der Waals surface area (Å²) in [6.45, 7) is 2.52. The van der Waals surface area contributed by atoms with Crippen LogP contribution >= 0.6 is 15.9 Å². The SMILES string of the molecule is COC(=O)C1(C)CCCC(c2nc(Br)c3c(NCc4ccc(OC)cc4OC)nccn23)C1. The van der Waals surface area contributed by atoms with E-state index in [-0.39, 0.29) is 11.9 Å². The highest BCUT2D eigenvalue weighted by Crippen LogP contribution is 2.45. The number of benzene rings is 1. The Morgan fingerprint density at radius 3 is 2.85 bits per heavy atom. The number of methoxy groups -OCH3 is 3. The minimum atomic E-state index is -0.491. The summed E-state index contributed by atoms with van der Waals surface area (Å²) in [5.74, 6) is 3.13. The van der Waals surface area contributed by atoms with E-state index in [1.807, 2.05) is 31.3 Å². The molecule has 2 unspecified atom stereocenters. The van der Waals surface area contributed by atoms with Crippen LogP contribution in [-0.4, -0.2) is 41.7 Å². The van der Waals surface area contributed by atoms with E-state index in [2.05, 4.69) is 30.6 Å². The first-order valence-corrected chi connectivity index (χ1v) is 11.7. The van der Waals surface area contributed by atoms with Gasteiger partial charge in [0.2, 0.25) is 0 Å². The molecular weight excluding hydrogens is 488 g/mol. The standard InChI is InChI=1S/C24H29BrN4O4/c1-24(23(30)33-4)9-5-6-15(13-24)22-28-20(25)19-21(26-10-11-29(19)22)27-14-16-7-8-17(31-2)12-18(16)32-3/h7-8,10-12,15H,5-6,9,13-14H2,1-4H3,(H,26,27). The van der Waals surface area contributed by atoms with Gasteiger partial charge in [-0.05, 0) is 54.2 Å². The summed E-state index contributed by atoms with van der Waals surface area (Å²) in [5, 5.41) is 3.42. The van der Waals surface area contributed by atoms with Gasteiger partial charge in [-0.1, -0.05) is 6.42 Å². The summed E-state index contributed by atoms with van der Waals surface area (Å²) in [5.41, 5.74) is 1.36. The molecule has 2 atom stereocenters. The lowest BCUT2D eigenvalue weighted by Crippen LogP contribution is -2.34. The molecule has 3 aromatic rings. The van der Waals surface area contributed by atoms with E-state index in [4.69, 9.17) is 19.2 Å². The molecule has 8 nitrogen and oxygen atoms in total. The van der Waals surface area contributed by atoms with E-state index in [1.165, 1.54) is 7.11 Å². The Morgan fingerprint density at radius 1 is 1.30 bits per heavy atom. The highest BCUT2D eigenvalue weighted by atomic mass is 79.9. The Bertz CT molecular complexity index is 1160. The Morgan fingerprint density at radius 2 is 2.12 bits per heavy atom. The summed E-state index contributed by atoms with van der Waals surface area (Å²) in [6.07, 6.45) is 7.16. The zero-order valence-electron chi connectivity index (χ0n) is 19.4. The van der Waals surface area contributed by atoms with Crippen LogP contribution < -0.4 is 14.8 Å². The van der Waals surface area contributed by atoms with Crippen molar-refractivity contribution < 1.29 is 19.0 Å². The minimum absolute atomic E-state index is 0.149. The van der Waals surface area contributed by atoms with Crippen molar-refractivity contribution >= 4 is 33.2 Å². The maximum atomic E-state index is 12.4. The number of carbonyl (C=O) groups excluding carboxylic acids is 1. The Labute approximate surface area is 201 Å². The molecule has 1 aliphatic rings. The summed E-state index contributed by atoms with van der Waals surface area (Å²) in [7, 11) is 4.73. The van der Waals surface area contributed by atoms with Gasteiger partial charge in [-0.2, -0.15) is 0 Å². The van der Waals surface area contributed by atoms with Crippen molar-refractivity contribution in [3.05, 3.63) is 46.6 Å². The molecule has 0 aliphatic heterocycles. The van der Waals surface area contributed by atoms with Crippen LogP contribution in [0.1, 0.15) is 49.9 Å². The second-order valence-electron chi connectivity index (χ2n) is 8.63. The molecule has 33 heavy (non-hydrogen) atoms. The van der Waals surface area contributed by atoms with Crippen molar-refractivity contribution in [3.8, 4) is 11.5 Å². The monoisotopic (exact) mass is 516 g/mol. The fraction of sp³-hybridized carbons (Fsp3) is 0.458. The van der Waals surface area contributed by atoms with Crippen LogP contribution in [0.15, 0.2) is 35.2 Å². The Balaban J connectivity index is 1.62. The molecule has 1 fully saturated rings. The van der Waals surface area contributed by atoms with E-state index in [0.717, 1.165) is 52.3 Å². The Kier molecular flexibility index (Phi) is 6.78. The number of nitrogens with one attached hydrogen (secondary N) is 1. The number of nitrogens with zero attached hydrogens (tertiary/aromatic N) is 3. The summed E-state index contributed by atoms with van der Waals surface area (Å²) in [6, 6.07) is 5.73. The van der Waals surface area contributed by atoms with Gasteiger partial charge < -0.3 is 19.5 Å². The maximum absolute atomic E-state index is 12.4. The number of carbonyl (C=O) groups is 1. The first-order valence-electron chi connectivity index (χ1n) is 11.0. The van der Waals surface area contributed by atoms with E-state index in [0.29, 0.717) is 18.8 Å². The largest absolute Gasteiger partial charge is 0.497 e. The van der Waals surface area contributed by atoms with Crippen LogP contribution in [0, 0.1) is 5.41 Å². The van der Waals surface area contributed by atoms with Gasteiger partial charge in [0.15, 0.2) is 5.82 Å². The van der Waals surface area contributed by atoms with Crippen LogP contribution in [0.5, 0.6) is 11.5 Å². The number of rotatable bonds is 7. The van der Waals surface area contributed by atoms with Gasteiger partial charge in [0.25, 0.3) is 0 Å². The topological polar surface area (TPSA) is 87.0 Å². The number of aromatic nitrogens is 3. The van der Waals surface area contributed by atoms with Crippen molar-refractivity contribution in [1.82, 2.24) is 14.4 Å². The predicted octanol–water partition coefficient (Wildman–Crippen LogP) is 4.96. The molecule has 0 saturated heterocycles. The van der Waals surface area contributed by atoms with Crippen LogP contribution in [0.25, 0.3) is 5.52 Å². The van der Waals surface area contributed by atoms with E-state index in [1.54, 1.807) is 20.4 Å². The lowest BCUT2D eigenvalue weighted by Gasteiger charge is -2.35. The first-order chi connectivity index (χ1) is 15.9. The molecule has 1 aromatic carbocycles. The van der Waals surface area contributed by atoms with Crippen LogP contribution in [0.4, 0.5) is 5.82 Å². The predicted molar refractivity (Wildman–Crippen MR) is 129 cm³/mol. The Hall–Kier alpha value is -2.81. The molecule has 2 heterocycles. The van der Waals surface area contributed by atoms with E-state index in [9.17, 15) is 4.79 Å². The van der Waals surface area contributed by atoms with Crippen LogP contribution in [0.3, 0.4) is 0 Å². The number of halogens is 1. The summed E-state index contributed by atoms with van der Waals surface area (Å²) in [4.78, 5) is 21.8. The van der Waals surface area contributed by atoms with Crippen LogP contribution in [-0.2, 0) is 16.1 Å². The summed E-state index contributed by atoms with van der Waals surface area (Å²) < 4.78 is 18.7. The molecule has 0 radical (unpaired) electrons. The molecule has 0 amide bonds. The third kappa shape index (κ3) is 4.51. The second kappa shape index (κ2) is 9.59. The second-order valence-corrected chi connectivity index (χ2v) is 9.38. The first kappa shape index (κ1) is 23.4. The molecule has 9 heteroatoms. The average molecular weight is 517 g/mol. The number of hydrogen-bond acceptors (Lipinski definition) is 7. The van der Waals surface area contributed by atoms with Gasteiger partial charge in [-0.3, -0.25) is 9.20 Å². The van der Waals surface area contributed by atoms with Gasteiger partial charge in [0, 0.05) is 36.5 Å². The van der Waals surface area contributed by atoms with Gasteiger partial charge in [-0.25, -0.2) is 9.97 Å². The average Bonchev–Trinajstić information content (AvgIpc) is 3.19. The molecule has 1 N–H and O–H groups in total. The lowest BCUT2D eigenvalue weighted by molar-refractivity contribution is -0.154. The minimum Gasteiger partial charge on any atom is -0.497 e. The normalized spacial score (nSPS) is 20.5. The van der Waals surface area contributed by atoms with Crippen molar-refractivity contribution in [2.24, 2.45) is 5.41 Å². The molecule has 0 bridgehead atoms. The van der Waals surface area contributed by atoms with Gasteiger partial charge >= 0.3 is 5.97 Å². The zero-order chi connectivity index (χ0) is 23.6.